The molecule has 9 nitrogen and oxygen atoms in total. The number of carbonyl (C=O) groups is 1. The lowest BCUT2D eigenvalue weighted by atomic mass is 10.1. The second kappa shape index (κ2) is 8.29. The number of aryl methyl sites for hydroxylation is 2. The fourth-order valence-electron chi connectivity index (χ4n) is 3.13. The van der Waals surface area contributed by atoms with Crippen LogP contribution in [-0.2, 0) is 14.9 Å². The standard InChI is InChI=1S/C18H24N4O5S/c1-12-6-7-13(2)15(9-12)19-18-20-16(11-27-18)17(23)21-28(24,25)22-8-4-5-14(22)10-26-3/h6-7,9,11,14H,4-5,8,10H2,1-3H3,(H,19,20)(H,21,23)/t14-/m0/s1. The number of rotatable bonds is 7. The number of hydrogen-bond donors (Lipinski definition) is 2. The van der Waals surface area contributed by atoms with E-state index in [-0.39, 0.29) is 24.4 Å². The van der Waals surface area contributed by atoms with Crippen LogP contribution in [0.3, 0.4) is 0 Å². The van der Waals surface area contributed by atoms with Gasteiger partial charge >= 0.3 is 10.2 Å². The Hall–Kier alpha value is -2.43. The summed E-state index contributed by atoms with van der Waals surface area (Å²) in [6, 6.07) is 5.68. The summed E-state index contributed by atoms with van der Waals surface area (Å²) in [6.07, 6.45) is 2.53. The molecule has 3 rings (SSSR count). The predicted molar refractivity (Wildman–Crippen MR) is 104 cm³/mol. The molecule has 2 heterocycles. The van der Waals surface area contributed by atoms with Gasteiger partial charge in [0.15, 0.2) is 5.69 Å². The molecule has 0 radical (unpaired) electrons. The van der Waals surface area contributed by atoms with Crippen molar-refractivity contribution in [2.75, 3.05) is 25.6 Å². The molecule has 0 bridgehead atoms. The molecule has 1 atom stereocenters. The van der Waals surface area contributed by atoms with Crippen molar-refractivity contribution < 1.29 is 22.4 Å². The molecule has 1 aromatic carbocycles. The highest BCUT2D eigenvalue weighted by Gasteiger charge is 2.35. The van der Waals surface area contributed by atoms with Crippen molar-refractivity contribution in [3.63, 3.8) is 0 Å². The van der Waals surface area contributed by atoms with Gasteiger partial charge in [-0.3, -0.25) is 4.79 Å². The monoisotopic (exact) mass is 408 g/mol. The molecule has 0 unspecified atom stereocenters. The van der Waals surface area contributed by atoms with Crippen LogP contribution < -0.4 is 10.0 Å². The maximum Gasteiger partial charge on any atom is 0.304 e. The zero-order valence-corrected chi connectivity index (χ0v) is 16.9. The van der Waals surface area contributed by atoms with Crippen LogP contribution in [0.1, 0.15) is 34.5 Å². The molecular formula is C18H24N4O5S. The molecule has 1 amide bonds. The van der Waals surface area contributed by atoms with Gasteiger partial charge in [-0.2, -0.15) is 17.7 Å². The van der Waals surface area contributed by atoms with E-state index in [2.05, 4.69) is 15.0 Å². The van der Waals surface area contributed by atoms with E-state index in [1.807, 2.05) is 32.0 Å². The number of amides is 1. The van der Waals surface area contributed by atoms with Gasteiger partial charge in [0.25, 0.3) is 11.9 Å². The first-order chi connectivity index (χ1) is 13.3. The number of nitrogens with zero attached hydrogens (tertiary/aromatic N) is 2. The Labute approximate surface area is 164 Å². The summed E-state index contributed by atoms with van der Waals surface area (Å²) in [5, 5.41) is 3.00. The molecule has 2 aromatic rings. The number of benzene rings is 1. The van der Waals surface area contributed by atoms with Gasteiger partial charge in [-0.15, -0.1) is 0 Å². The molecule has 1 aliphatic rings. The smallest absolute Gasteiger partial charge is 0.304 e. The second-order valence-electron chi connectivity index (χ2n) is 6.78. The largest absolute Gasteiger partial charge is 0.431 e. The third-order valence-corrected chi connectivity index (χ3v) is 6.13. The molecule has 0 saturated carbocycles. The minimum absolute atomic E-state index is 0.106. The van der Waals surface area contributed by atoms with Gasteiger partial charge in [-0.05, 0) is 43.9 Å². The average molecular weight is 408 g/mol. The molecule has 1 aliphatic heterocycles. The van der Waals surface area contributed by atoms with E-state index in [1.54, 1.807) is 0 Å². The lowest BCUT2D eigenvalue weighted by molar-refractivity contribution is 0.0971. The predicted octanol–water partition coefficient (Wildman–Crippen LogP) is 2.12. The van der Waals surface area contributed by atoms with Crippen molar-refractivity contribution in [2.45, 2.75) is 32.7 Å². The molecule has 0 spiro atoms. The van der Waals surface area contributed by atoms with Crippen LogP contribution in [-0.4, -0.2) is 49.9 Å². The number of carbonyl (C=O) groups excluding carboxylic acids is 1. The highest BCUT2D eigenvalue weighted by molar-refractivity contribution is 7.87. The number of methoxy groups -OCH3 is 1. The molecular weight excluding hydrogens is 384 g/mol. The lowest BCUT2D eigenvalue weighted by Gasteiger charge is -2.23. The van der Waals surface area contributed by atoms with Gasteiger partial charge in [-0.1, -0.05) is 12.1 Å². The number of aromatic nitrogens is 1. The quantitative estimate of drug-likeness (QED) is 0.721. The maximum atomic E-state index is 12.5. The van der Waals surface area contributed by atoms with Crippen LogP contribution >= 0.6 is 0 Å². The molecule has 1 aromatic heterocycles. The lowest BCUT2D eigenvalue weighted by Crippen LogP contribution is -2.47. The van der Waals surface area contributed by atoms with Crippen molar-refractivity contribution >= 4 is 27.8 Å². The van der Waals surface area contributed by atoms with Crippen LogP contribution in [0, 0.1) is 13.8 Å². The SMILES string of the molecule is COC[C@@H]1CCCN1S(=O)(=O)NC(=O)c1coc(Nc2cc(C)ccc2C)n1. The zero-order chi connectivity index (χ0) is 20.3. The average Bonchev–Trinajstić information content (AvgIpc) is 3.28. The Morgan fingerprint density at radius 3 is 2.93 bits per heavy atom. The van der Waals surface area contributed by atoms with E-state index in [4.69, 9.17) is 9.15 Å². The Bertz CT molecular complexity index is 957. The Kier molecular flexibility index (Phi) is 6.01. The number of nitrogens with one attached hydrogen (secondary N) is 2. The first-order valence-corrected chi connectivity index (χ1v) is 10.4. The summed E-state index contributed by atoms with van der Waals surface area (Å²) in [7, 11) is -2.47. The Balaban J connectivity index is 1.69. The first kappa shape index (κ1) is 20.3. The second-order valence-corrected chi connectivity index (χ2v) is 8.40. The topological polar surface area (TPSA) is 114 Å². The molecule has 2 N–H and O–H groups in total. The van der Waals surface area contributed by atoms with Crippen LogP contribution in [0.4, 0.5) is 11.7 Å². The van der Waals surface area contributed by atoms with Gasteiger partial charge in [0.1, 0.15) is 6.26 Å². The minimum atomic E-state index is -3.99. The van der Waals surface area contributed by atoms with Gasteiger partial charge in [0.2, 0.25) is 0 Å². The van der Waals surface area contributed by atoms with Crippen LogP contribution in [0.5, 0.6) is 0 Å². The maximum absolute atomic E-state index is 12.5. The molecule has 152 valence electrons. The first-order valence-electron chi connectivity index (χ1n) is 8.93. The van der Waals surface area contributed by atoms with Crippen molar-refractivity contribution in [1.82, 2.24) is 14.0 Å². The number of hydrogen-bond acceptors (Lipinski definition) is 7. The Morgan fingerprint density at radius 1 is 1.39 bits per heavy atom. The number of ether oxygens (including phenoxy) is 1. The normalized spacial score (nSPS) is 17.6. The van der Waals surface area contributed by atoms with Gasteiger partial charge in [-0.25, -0.2) is 4.72 Å². The van der Waals surface area contributed by atoms with E-state index in [0.717, 1.165) is 29.5 Å². The van der Waals surface area contributed by atoms with Crippen LogP contribution in [0.15, 0.2) is 28.9 Å². The highest BCUT2D eigenvalue weighted by atomic mass is 32.2. The summed E-state index contributed by atoms with van der Waals surface area (Å²) in [6.45, 7) is 4.51. The van der Waals surface area contributed by atoms with Gasteiger partial charge < -0.3 is 14.5 Å². The Morgan fingerprint density at radius 2 is 2.18 bits per heavy atom. The van der Waals surface area contributed by atoms with Crippen molar-refractivity contribution in [1.29, 1.82) is 0 Å². The molecule has 10 heteroatoms. The van der Waals surface area contributed by atoms with Crippen LogP contribution in [0.25, 0.3) is 0 Å². The van der Waals surface area contributed by atoms with E-state index in [9.17, 15) is 13.2 Å². The van der Waals surface area contributed by atoms with E-state index in [0.29, 0.717) is 13.0 Å². The number of anilines is 2. The minimum Gasteiger partial charge on any atom is -0.431 e. The summed E-state index contributed by atoms with van der Waals surface area (Å²) in [5.74, 6) is -0.846. The van der Waals surface area contributed by atoms with Crippen molar-refractivity contribution in [2.24, 2.45) is 0 Å². The fraction of sp³-hybridized carbons (Fsp3) is 0.444. The molecule has 1 fully saturated rings. The van der Waals surface area contributed by atoms with Gasteiger partial charge in [0, 0.05) is 25.4 Å². The molecule has 28 heavy (non-hydrogen) atoms. The van der Waals surface area contributed by atoms with Crippen LogP contribution in [0.2, 0.25) is 0 Å². The highest BCUT2D eigenvalue weighted by Crippen LogP contribution is 2.22. The van der Waals surface area contributed by atoms with E-state index < -0.39 is 16.1 Å². The van der Waals surface area contributed by atoms with Gasteiger partial charge in [0.05, 0.1) is 6.61 Å². The van der Waals surface area contributed by atoms with Crippen molar-refractivity contribution in [3.05, 3.63) is 41.3 Å². The summed E-state index contributed by atoms with van der Waals surface area (Å²) >= 11 is 0. The van der Waals surface area contributed by atoms with E-state index in [1.165, 1.54) is 11.4 Å². The fourth-order valence-corrected chi connectivity index (χ4v) is 4.52. The zero-order valence-electron chi connectivity index (χ0n) is 16.1. The summed E-state index contributed by atoms with van der Waals surface area (Å²) < 4.78 is 38.7. The third kappa shape index (κ3) is 4.51. The molecule has 0 aliphatic carbocycles. The van der Waals surface area contributed by atoms with Crippen molar-refractivity contribution in [3.8, 4) is 0 Å². The van der Waals surface area contributed by atoms with E-state index >= 15 is 0 Å². The summed E-state index contributed by atoms with van der Waals surface area (Å²) in [5.41, 5.74) is 2.70. The summed E-state index contributed by atoms with van der Waals surface area (Å²) in [4.78, 5) is 16.4. The number of oxazole rings is 1. The molecule has 1 saturated heterocycles. The third-order valence-electron chi connectivity index (χ3n) is 4.58.